The van der Waals surface area contributed by atoms with Gasteiger partial charge in [-0.05, 0) is 11.1 Å². The minimum absolute atomic E-state index is 0.136. The number of carbonyl (C=O) groups is 2. The molecule has 1 aliphatic rings. The number of rotatable bonds is 5. The van der Waals surface area contributed by atoms with Crippen molar-refractivity contribution in [2.24, 2.45) is 0 Å². The number of likely N-dealkylation sites (tertiary alicyclic amines) is 1. The highest BCUT2D eigenvalue weighted by Crippen LogP contribution is 2.24. The number of Topliss-reactive ketones (excluding diaryl/α,β-unsaturated/α-hetero) is 1. The molecule has 0 saturated carbocycles. The van der Waals surface area contributed by atoms with Gasteiger partial charge in [-0.25, -0.2) is 4.79 Å². The lowest BCUT2D eigenvalue weighted by Crippen LogP contribution is -2.43. The van der Waals surface area contributed by atoms with E-state index in [0.717, 1.165) is 16.7 Å². The quantitative estimate of drug-likeness (QED) is 0.668. The summed E-state index contributed by atoms with van der Waals surface area (Å²) in [5.41, 5.74) is 2.92. The normalized spacial score (nSPS) is 16.6. The molecule has 1 aliphatic heterocycles. The van der Waals surface area contributed by atoms with Gasteiger partial charge in [0, 0.05) is 31.3 Å². The van der Waals surface area contributed by atoms with E-state index >= 15 is 0 Å². The van der Waals surface area contributed by atoms with Crippen molar-refractivity contribution in [1.82, 2.24) is 14.7 Å². The topological polar surface area (TPSA) is 64.4 Å². The van der Waals surface area contributed by atoms with Crippen molar-refractivity contribution in [2.45, 2.75) is 25.5 Å². The molecule has 1 atom stereocenters. The number of hydrogen-bond acceptors (Lipinski definition) is 4. The number of ketones is 1. The van der Waals surface area contributed by atoms with E-state index < -0.39 is 0 Å². The van der Waals surface area contributed by atoms with Crippen LogP contribution in [0.4, 0.5) is 4.79 Å². The van der Waals surface area contributed by atoms with Crippen LogP contribution in [-0.2, 0) is 22.7 Å². The van der Waals surface area contributed by atoms with Crippen LogP contribution >= 0.6 is 0 Å². The first-order chi connectivity index (χ1) is 14.2. The molecule has 0 spiro atoms. The Kier molecular flexibility index (Phi) is 5.70. The zero-order valence-corrected chi connectivity index (χ0v) is 16.1. The van der Waals surface area contributed by atoms with E-state index in [-0.39, 0.29) is 24.4 Å². The van der Waals surface area contributed by atoms with Crippen molar-refractivity contribution in [3.8, 4) is 0 Å². The predicted octanol–water partition coefficient (Wildman–Crippen LogP) is 3.63. The van der Waals surface area contributed by atoms with Gasteiger partial charge < -0.3 is 9.64 Å². The van der Waals surface area contributed by atoms with Gasteiger partial charge in [0.2, 0.25) is 0 Å². The van der Waals surface area contributed by atoms with Gasteiger partial charge in [-0.15, -0.1) is 0 Å². The summed E-state index contributed by atoms with van der Waals surface area (Å²) in [4.78, 5) is 26.6. The molecule has 148 valence electrons. The molecule has 0 radical (unpaired) electrons. The average Bonchev–Trinajstić information content (AvgIpc) is 3.22. The molecule has 29 heavy (non-hydrogen) atoms. The minimum Gasteiger partial charge on any atom is -0.445 e. The number of piperidine rings is 1. The van der Waals surface area contributed by atoms with E-state index in [4.69, 9.17) is 4.74 Å². The Morgan fingerprint density at radius 3 is 2.45 bits per heavy atom. The van der Waals surface area contributed by atoms with Gasteiger partial charge >= 0.3 is 6.09 Å². The molecule has 0 aliphatic carbocycles. The second kappa shape index (κ2) is 8.73. The fraction of sp³-hybridized carbons (Fsp3) is 0.261. The van der Waals surface area contributed by atoms with Crippen LogP contribution < -0.4 is 0 Å². The lowest BCUT2D eigenvalue weighted by molar-refractivity contribution is -0.122. The van der Waals surface area contributed by atoms with Crippen molar-refractivity contribution < 1.29 is 14.3 Å². The SMILES string of the molecule is O=C1CCN(C(=O)OCc2ccccc2)CC1c1cnn(Cc2ccccc2)c1. The van der Waals surface area contributed by atoms with Crippen LogP contribution in [0.15, 0.2) is 73.1 Å². The molecule has 1 unspecified atom stereocenters. The third-order valence-corrected chi connectivity index (χ3v) is 5.13. The largest absolute Gasteiger partial charge is 0.445 e. The molecular formula is C23H23N3O3. The number of hydrogen-bond donors (Lipinski definition) is 0. The van der Waals surface area contributed by atoms with E-state index in [1.165, 1.54) is 0 Å². The van der Waals surface area contributed by atoms with Gasteiger partial charge in [0.1, 0.15) is 12.4 Å². The van der Waals surface area contributed by atoms with Gasteiger partial charge in [-0.3, -0.25) is 9.48 Å². The molecule has 1 amide bonds. The maximum Gasteiger partial charge on any atom is 0.410 e. The van der Waals surface area contributed by atoms with E-state index in [1.54, 1.807) is 11.1 Å². The molecule has 1 aromatic heterocycles. The first kappa shape index (κ1) is 18.9. The Hall–Kier alpha value is -3.41. The minimum atomic E-state index is -0.386. The van der Waals surface area contributed by atoms with Crippen molar-refractivity contribution in [3.63, 3.8) is 0 Å². The maximum absolute atomic E-state index is 12.5. The van der Waals surface area contributed by atoms with Crippen LogP contribution in [0.2, 0.25) is 0 Å². The predicted molar refractivity (Wildman–Crippen MR) is 108 cm³/mol. The van der Waals surface area contributed by atoms with Crippen molar-refractivity contribution in [1.29, 1.82) is 0 Å². The molecule has 1 saturated heterocycles. The highest BCUT2D eigenvalue weighted by molar-refractivity contribution is 5.88. The van der Waals surface area contributed by atoms with E-state index in [2.05, 4.69) is 5.10 Å². The highest BCUT2D eigenvalue weighted by Gasteiger charge is 2.32. The zero-order chi connectivity index (χ0) is 20.1. The first-order valence-corrected chi connectivity index (χ1v) is 9.73. The van der Waals surface area contributed by atoms with Crippen LogP contribution in [0.1, 0.15) is 29.0 Å². The monoisotopic (exact) mass is 389 g/mol. The first-order valence-electron chi connectivity index (χ1n) is 9.73. The summed E-state index contributed by atoms with van der Waals surface area (Å²) in [7, 11) is 0. The van der Waals surface area contributed by atoms with Crippen LogP contribution in [0.3, 0.4) is 0 Å². The lowest BCUT2D eigenvalue weighted by atomic mass is 9.91. The molecule has 4 rings (SSSR count). The summed E-state index contributed by atoms with van der Waals surface area (Å²) >= 11 is 0. The molecule has 0 N–H and O–H groups in total. The molecule has 6 nitrogen and oxygen atoms in total. The Morgan fingerprint density at radius 1 is 1.03 bits per heavy atom. The average molecular weight is 389 g/mol. The van der Waals surface area contributed by atoms with Crippen molar-refractivity contribution in [2.75, 3.05) is 13.1 Å². The maximum atomic E-state index is 12.5. The van der Waals surface area contributed by atoms with Crippen LogP contribution in [0.5, 0.6) is 0 Å². The summed E-state index contributed by atoms with van der Waals surface area (Å²) in [6.45, 7) is 1.58. The Bertz CT molecular complexity index is 969. The smallest absolute Gasteiger partial charge is 0.410 e. The summed E-state index contributed by atoms with van der Waals surface area (Å²) in [6.07, 6.45) is 3.57. The summed E-state index contributed by atoms with van der Waals surface area (Å²) in [5.74, 6) is -0.228. The summed E-state index contributed by atoms with van der Waals surface area (Å²) in [6, 6.07) is 19.6. The summed E-state index contributed by atoms with van der Waals surface area (Å²) in [5, 5.41) is 4.40. The second-order valence-electron chi connectivity index (χ2n) is 7.21. The van der Waals surface area contributed by atoms with Gasteiger partial charge in [-0.2, -0.15) is 5.10 Å². The Labute approximate surface area is 169 Å². The lowest BCUT2D eigenvalue weighted by Gasteiger charge is -2.30. The number of ether oxygens (including phenoxy) is 1. The molecule has 6 heteroatoms. The summed E-state index contributed by atoms with van der Waals surface area (Å²) < 4.78 is 7.25. The van der Waals surface area contributed by atoms with Crippen molar-refractivity contribution >= 4 is 11.9 Å². The molecular weight excluding hydrogens is 366 g/mol. The fourth-order valence-corrected chi connectivity index (χ4v) is 3.52. The van der Waals surface area contributed by atoms with Gasteiger partial charge in [0.15, 0.2) is 0 Å². The molecule has 0 bridgehead atoms. The Morgan fingerprint density at radius 2 is 1.72 bits per heavy atom. The van der Waals surface area contributed by atoms with Gasteiger partial charge in [-0.1, -0.05) is 60.7 Å². The number of aromatic nitrogens is 2. The third-order valence-electron chi connectivity index (χ3n) is 5.13. The second-order valence-corrected chi connectivity index (χ2v) is 7.21. The number of carbonyl (C=O) groups excluding carboxylic acids is 2. The number of nitrogens with zero attached hydrogens (tertiary/aromatic N) is 3. The molecule has 2 heterocycles. The number of amides is 1. The van der Waals surface area contributed by atoms with Crippen LogP contribution in [0.25, 0.3) is 0 Å². The standard InChI is InChI=1S/C23H23N3O3/c27-22-11-12-25(23(28)29-17-19-9-5-2-6-10-19)16-21(22)20-13-24-26(15-20)14-18-7-3-1-4-8-18/h1-10,13,15,21H,11-12,14,16-17H2. The molecule has 2 aromatic carbocycles. The number of benzene rings is 2. The van der Waals surface area contributed by atoms with E-state index in [9.17, 15) is 9.59 Å². The van der Waals surface area contributed by atoms with Crippen LogP contribution in [-0.4, -0.2) is 39.6 Å². The molecule has 3 aromatic rings. The molecule has 1 fully saturated rings. The van der Waals surface area contributed by atoms with E-state index in [1.807, 2.05) is 71.5 Å². The zero-order valence-electron chi connectivity index (χ0n) is 16.1. The van der Waals surface area contributed by atoms with Crippen molar-refractivity contribution in [3.05, 3.63) is 89.7 Å². The van der Waals surface area contributed by atoms with Gasteiger partial charge in [0.05, 0.1) is 18.7 Å². The fourth-order valence-electron chi connectivity index (χ4n) is 3.52. The Balaban J connectivity index is 1.38. The highest BCUT2D eigenvalue weighted by atomic mass is 16.6. The van der Waals surface area contributed by atoms with Crippen LogP contribution in [0, 0.1) is 0 Å². The third kappa shape index (κ3) is 4.71. The van der Waals surface area contributed by atoms with E-state index in [0.29, 0.717) is 26.1 Å². The van der Waals surface area contributed by atoms with Gasteiger partial charge in [0.25, 0.3) is 0 Å².